The van der Waals surface area contributed by atoms with Crippen molar-refractivity contribution in [2.24, 2.45) is 0 Å². The zero-order valence-electron chi connectivity index (χ0n) is 15.9. The van der Waals surface area contributed by atoms with Crippen molar-refractivity contribution in [1.29, 1.82) is 0 Å². The summed E-state index contributed by atoms with van der Waals surface area (Å²) in [6.07, 6.45) is -4.77. The fraction of sp³-hybridized carbons (Fsp3) is 0.316. The molecule has 0 aliphatic heterocycles. The predicted octanol–water partition coefficient (Wildman–Crippen LogP) is 3.76. The van der Waals surface area contributed by atoms with Gasteiger partial charge in [-0.25, -0.2) is 13.1 Å². The molecule has 1 unspecified atom stereocenters. The van der Waals surface area contributed by atoms with Gasteiger partial charge in [0.15, 0.2) is 0 Å². The van der Waals surface area contributed by atoms with Crippen LogP contribution in [-0.2, 0) is 10.0 Å². The number of hydrogen-bond acceptors (Lipinski definition) is 4. The van der Waals surface area contributed by atoms with Crippen LogP contribution in [0, 0.1) is 0 Å². The molecule has 0 saturated carbocycles. The van der Waals surface area contributed by atoms with Gasteiger partial charge in [-0.15, -0.1) is 13.2 Å². The van der Waals surface area contributed by atoms with Crippen molar-refractivity contribution < 1.29 is 31.1 Å². The van der Waals surface area contributed by atoms with Gasteiger partial charge in [0.25, 0.3) is 5.91 Å². The summed E-state index contributed by atoms with van der Waals surface area (Å²) in [5.74, 6) is -0.805. The van der Waals surface area contributed by atoms with E-state index in [0.717, 1.165) is 12.1 Å². The Morgan fingerprint density at radius 3 is 2.00 bits per heavy atom. The highest BCUT2D eigenvalue weighted by atomic mass is 32.2. The molecule has 0 aliphatic carbocycles. The molecule has 0 spiro atoms. The van der Waals surface area contributed by atoms with Gasteiger partial charge in [-0.05, 0) is 62.7 Å². The number of carbonyl (C=O) groups excluding carboxylic acids is 1. The lowest BCUT2D eigenvalue weighted by Crippen LogP contribution is -2.30. The first-order chi connectivity index (χ1) is 13.4. The lowest BCUT2D eigenvalue weighted by atomic mass is 10.1. The predicted molar refractivity (Wildman–Crippen MR) is 101 cm³/mol. The van der Waals surface area contributed by atoms with Crippen molar-refractivity contribution in [1.82, 2.24) is 10.0 Å². The zero-order chi connectivity index (χ0) is 21.8. The largest absolute Gasteiger partial charge is 0.573 e. The molecule has 10 heteroatoms. The van der Waals surface area contributed by atoms with Gasteiger partial charge in [-0.3, -0.25) is 4.79 Å². The van der Waals surface area contributed by atoms with Gasteiger partial charge >= 0.3 is 6.36 Å². The van der Waals surface area contributed by atoms with Gasteiger partial charge in [-0.2, -0.15) is 0 Å². The molecule has 2 aromatic carbocycles. The van der Waals surface area contributed by atoms with E-state index in [1.165, 1.54) is 36.4 Å². The minimum Gasteiger partial charge on any atom is -0.406 e. The summed E-state index contributed by atoms with van der Waals surface area (Å²) in [6.45, 7) is 5.06. The summed E-state index contributed by atoms with van der Waals surface area (Å²) in [5, 5.41) is 2.70. The number of sulfonamides is 1. The van der Waals surface area contributed by atoms with Gasteiger partial charge in [0.2, 0.25) is 10.0 Å². The fourth-order valence-electron chi connectivity index (χ4n) is 2.49. The zero-order valence-corrected chi connectivity index (χ0v) is 16.8. The van der Waals surface area contributed by atoms with E-state index in [0.29, 0.717) is 5.56 Å². The van der Waals surface area contributed by atoms with E-state index < -0.39 is 28.3 Å². The maximum atomic E-state index is 12.4. The number of nitrogens with one attached hydrogen (secondary N) is 2. The third-order valence-corrected chi connectivity index (χ3v) is 5.45. The van der Waals surface area contributed by atoms with Crippen LogP contribution in [0.1, 0.15) is 42.7 Å². The van der Waals surface area contributed by atoms with Gasteiger partial charge in [0.1, 0.15) is 5.75 Å². The maximum Gasteiger partial charge on any atom is 0.573 e. The number of ether oxygens (including phenoxy) is 1. The van der Waals surface area contributed by atoms with Crippen molar-refractivity contribution >= 4 is 15.9 Å². The fourth-order valence-corrected chi connectivity index (χ4v) is 3.74. The third kappa shape index (κ3) is 6.75. The maximum absolute atomic E-state index is 12.4. The van der Waals surface area contributed by atoms with Crippen LogP contribution < -0.4 is 14.8 Å². The summed E-state index contributed by atoms with van der Waals surface area (Å²) in [6, 6.07) is 9.82. The Kier molecular flexibility index (Phi) is 6.91. The summed E-state index contributed by atoms with van der Waals surface area (Å²) >= 11 is 0. The Balaban J connectivity index is 2.04. The van der Waals surface area contributed by atoms with Crippen LogP contribution in [-0.4, -0.2) is 26.7 Å². The summed E-state index contributed by atoms with van der Waals surface area (Å²) in [5.41, 5.74) is 0.825. The van der Waals surface area contributed by atoms with E-state index in [2.05, 4.69) is 14.8 Å². The molecule has 0 aliphatic rings. The van der Waals surface area contributed by atoms with Crippen molar-refractivity contribution in [2.75, 3.05) is 0 Å². The molecule has 0 bridgehead atoms. The minimum atomic E-state index is -4.77. The number of hydrogen-bond donors (Lipinski definition) is 2. The lowest BCUT2D eigenvalue weighted by molar-refractivity contribution is -0.274. The third-order valence-electron chi connectivity index (χ3n) is 3.78. The first-order valence-corrected chi connectivity index (χ1v) is 10.1. The second-order valence-corrected chi connectivity index (χ2v) is 8.33. The molecule has 0 aromatic heterocycles. The normalized spacial score (nSPS) is 13.2. The van der Waals surface area contributed by atoms with Crippen molar-refractivity contribution in [3.63, 3.8) is 0 Å². The molecular formula is C19H21F3N2O4S. The van der Waals surface area contributed by atoms with Crippen LogP contribution in [0.4, 0.5) is 13.2 Å². The second kappa shape index (κ2) is 8.83. The van der Waals surface area contributed by atoms with Crippen LogP contribution in [0.15, 0.2) is 53.4 Å². The number of carbonyl (C=O) groups is 1. The molecule has 1 amide bonds. The lowest BCUT2D eigenvalue weighted by Gasteiger charge is -2.16. The molecule has 6 nitrogen and oxygen atoms in total. The van der Waals surface area contributed by atoms with E-state index in [1.54, 1.807) is 20.8 Å². The Bertz CT molecular complexity index is 941. The second-order valence-electron chi connectivity index (χ2n) is 6.61. The molecular weight excluding hydrogens is 409 g/mol. The first-order valence-electron chi connectivity index (χ1n) is 8.66. The van der Waals surface area contributed by atoms with Gasteiger partial charge in [0, 0.05) is 11.6 Å². The monoisotopic (exact) mass is 430 g/mol. The smallest absolute Gasteiger partial charge is 0.406 e. The topological polar surface area (TPSA) is 84.5 Å². The molecule has 0 saturated heterocycles. The van der Waals surface area contributed by atoms with Crippen LogP contribution in [0.25, 0.3) is 0 Å². The number of alkyl halides is 3. The molecule has 2 aromatic rings. The molecule has 0 heterocycles. The van der Waals surface area contributed by atoms with Gasteiger partial charge in [0.05, 0.1) is 10.9 Å². The van der Waals surface area contributed by atoms with E-state index in [-0.39, 0.29) is 22.3 Å². The van der Waals surface area contributed by atoms with E-state index in [9.17, 15) is 26.4 Å². The molecule has 0 radical (unpaired) electrons. The van der Waals surface area contributed by atoms with E-state index in [4.69, 9.17) is 0 Å². The highest BCUT2D eigenvalue weighted by molar-refractivity contribution is 7.89. The molecule has 2 rings (SSSR count). The number of halogens is 3. The average Bonchev–Trinajstić information content (AvgIpc) is 2.60. The average molecular weight is 430 g/mol. The highest BCUT2D eigenvalue weighted by Crippen LogP contribution is 2.24. The van der Waals surface area contributed by atoms with Crippen molar-refractivity contribution in [3.8, 4) is 5.75 Å². The van der Waals surface area contributed by atoms with Crippen molar-refractivity contribution in [2.45, 2.75) is 44.1 Å². The van der Waals surface area contributed by atoms with Gasteiger partial charge < -0.3 is 10.1 Å². The Morgan fingerprint density at radius 1 is 0.966 bits per heavy atom. The number of amides is 1. The quantitative estimate of drug-likeness (QED) is 0.701. The van der Waals surface area contributed by atoms with Crippen LogP contribution in [0.5, 0.6) is 5.75 Å². The van der Waals surface area contributed by atoms with E-state index in [1.807, 2.05) is 0 Å². The number of benzene rings is 2. The highest BCUT2D eigenvalue weighted by Gasteiger charge is 2.31. The van der Waals surface area contributed by atoms with Crippen LogP contribution >= 0.6 is 0 Å². The Morgan fingerprint density at radius 2 is 1.52 bits per heavy atom. The standard InChI is InChI=1S/C19H21F3N2O4S/c1-12(2)24-29(26,27)17-10-6-15(7-11-17)18(25)23-13(3)14-4-8-16(9-5-14)28-19(20,21)22/h4-13,24H,1-3H3,(H,23,25). The molecule has 2 N–H and O–H groups in total. The van der Waals surface area contributed by atoms with Crippen LogP contribution in [0.3, 0.4) is 0 Å². The SMILES string of the molecule is CC(C)NS(=O)(=O)c1ccc(C(=O)NC(C)c2ccc(OC(F)(F)F)cc2)cc1. The number of rotatable bonds is 7. The molecule has 29 heavy (non-hydrogen) atoms. The summed E-state index contributed by atoms with van der Waals surface area (Å²) in [4.78, 5) is 12.4. The molecule has 1 atom stereocenters. The van der Waals surface area contributed by atoms with Crippen molar-refractivity contribution in [3.05, 3.63) is 59.7 Å². The molecule has 0 fully saturated rings. The molecule has 158 valence electrons. The summed E-state index contributed by atoms with van der Waals surface area (Å²) < 4.78 is 67.1. The summed E-state index contributed by atoms with van der Waals surface area (Å²) in [7, 11) is -3.66. The van der Waals surface area contributed by atoms with Crippen LogP contribution in [0.2, 0.25) is 0 Å². The minimum absolute atomic E-state index is 0.0380. The van der Waals surface area contributed by atoms with Gasteiger partial charge in [-0.1, -0.05) is 12.1 Å². The Hall–Kier alpha value is -2.59. The Labute approximate surface area is 167 Å². The van der Waals surface area contributed by atoms with E-state index >= 15 is 0 Å². The first kappa shape index (κ1) is 22.7.